The van der Waals surface area contributed by atoms with Crippen molar-refractivity contribution in [2.75, 3.05) is 10.6 Å². The minimum absolute atomic E-state index is 0.311. The predicted molar refractivity (Wildman–Crippen MR) is 102 cm³/mol. The molecule has 0 aliphatic rings. The summed E-state index contributed by atoms with van der Waals surface area (Å²) in [6, 6.07) is 12.3. The molecule has 0 aliphatic heterocycles. The first-order valence-corrected chi connectivity index (χ1v) is 8.32. The largest absolute Gasteiger partial charge is 0.419 e. The molecule has 10 heteroatoms. The van der Waals surface area contributed by atoms with Crippen molar-refractivity contribution in [3.63, 3.8) is 0 Å². The summed E-state index contributed by atoms with van der Waals surface area (Å²) >= 11 is 11.5. The highest BCUT2D eigenvalue weighted by molar-refractivity contribution is 6.31. The molecule has 0 heterocycles. The van der Waals surface area contributed by atoms with Gasteiger partial charge in [-0.2, -0.15) is 0 Å². The van der Waals surface area contributed by atoms with Crippen LogP contribution in [0.2, 0.25) is 10.0 Å². The van der Waals surface area contributed by atoms with Gasteiger partial charge in [0.2, 0.25) is 0 Å². The number of rotatable bonds is 4. The van der Waals surface area contributed by atoms with Gasteiger partial charge in [0.15, 0.2) is 0 Å². The average molecular weight is 423 g/mol. The van der Waals surface area contributed by atoms with Crippen LogP contribution in [0.1, 0.15) is 0 Å². The summed E-state index contributed by atoms with van der Waals surface area (Å²) in [5.74, 6) is -2.29. The molecule has 0 saturated carbocycles. The molecule has 0 saturated heterocycles. The number of amides is 2. The monoisotopic (exact) mass is 422 g/mol. The minimum Gasteiger partial charge on any atom is -0.373 e. The van der Waals surface area contributed by atoms with Crippen LogP contribution in [0, 0.1) is 0 Å². The van der Waals surface area contributed by atoms with Gasteiger partial charge in [-0.3, -0.25) is 10.6 Å². The zero-order chi connectivity index (χ0) is 20.5. The fourth-order valence-corrected chi connectivity index (χ4v) is 2.19. The van der Waals surface area contributed by atoms with Crippen LogP contribution in [0.25, 0.3) is 0 Å². The van der Waals surface area contributed by atoms with E-state index in [2.05, 4.69) is 20.1 Å². The van der Waals surface area contributed by atoms with Crippen LogP contribution in [0.5, 0.6) is 0 Å². The highest BCUT2D eigenvalue weighted by atomic mass is 35.5. The van der Waals surface area contributed by atoms with Crippen molar-refractivity contribution in [3.05, 3.63) is 70.7 Å². The zero-order valence-corrected chi connectivity index (χ0v) is 15.5. The van der Waals surface area contributed by atoms with Crippen LogP contribution in [0.15, 0.2) is 60.7 Å². The van der Waals surface area contributed by atoms with Gasteiger partial charge in [-0.25, -0.2) is 19.2 Å². The Hall–Kier alpha value is -3.36. The number of carbonyl (C=O) groups excluding carboxylic acids is 4. The topological polar surface area (TPSA) is 111 Å². The van der Waals surface area contributed by atoms with Crippen molar-refractivity contribution in [1.29, 1.82) is 0 Å². The number of hydrogen-bond donors (Lipinski definition) is 2. The number of halogens is 2. The first-order valence-electron chi connectivity index (χ1n) is 7.56. The van der Waals surface area contributed by atoms with E-state index < -0.39 is 24.1 Å². The average Bonchev–Trinajstić information content (AvgIpc) is 2.59. The van der Waals surface area contributed by atoms with E-state index in [4.69, 9.17) is 23.2 Å². The summed E-state index contributed by atoms with van der Waals surface area (Å²) in [5, 5.41) is 5.30. The first-order chi connectivity index (χ1) is 13.3. The number of benzene rings is 2. The van der Waals surface area contributed by atoms with Gasteiger partial charge in [0.1, 0.15) is 0 Å². The molecule has 2 N–H and O–H groups in total. The van der Waals surface area contributed by atoms with Gasteiger partial charge in [-0.15, -0.1) is 0 Å². The standard InChI is InChI=1S/C18H12Cl2N2O6/c19-11-3-1-5-13(9-11)21-17(25)27-15(23)7-8-16(24)28-18(26)22-14-6-2-4-12(20)10-14/h1-10H,(H,21,25)(H,22,26)/b8-7+. The van der Waals surface area contributed by atoms with E-state index in [0.29, 0.717) is 33.6 Å². The first kappa shape index (κ1) is 20.9. The van der Waals surface area contributed by atoms with Crippen LogP contribution >= 0.6 is 23.2 Å². The summed E-state index contributed by atoms with van der Waals surface area (Å²) in [6.07, 6.45) is -0.896. The Labute approximate surface area is 169 Å². The highest BCUT2D eigenvalue weighted by Crippen LogP contribution is 2.15. The molecule has 2 aromatic rings. The number of hydrogen-bond acceptors (Lipinski definition) is 6. The molecule has 0 radical (unpaired) electrons. The molecular weight excluding hydrogens is 411 g/mol. The molecule has 2 aromatic carbocycles. The van der Waals surface area contributed by atoms with Gasteiger partial charge < -0.3 is 9.47 Å². The number of nitrogens with one attached hydrogen (secondary N) is 2. The van der Waals surface area contributed by atoms with Crippen molar-refractivity contribution in [1.82, 2.24) is 0 Å². The lowest BCUT2D eigenvalue weighted by atomic mass is 10.3. The Balaban J connectivity index is 1.78. The fourth-order valence-electron chi connectivity index (χ4n) is 1.81. The Morgan fingerprint density at radius 2 is 1.11 bits per heavy atom. The van der Waals surface area contributed by atoms with E-state index in [-0.39, 0.29) is 0 Å². The third-order valence-corrected chi connectivity index (χ3v) is 3.35. The molecular formula is C18H12Cl2N2O6. The van der Waals surface area contributed by atoms with Crippen LogP contribution in [-0.2, 0) is 19.1 Å². The molecule has 144 valence electrons. The lowest BCUT2D eigenvalue weighted by Gasteiger charge is -2.04. The third kappa shape index (κ3) is 7.48. The quantitative estimate of drug-likeness (QED) is 0.429. The maximum atomic E-state index is 11.6. The van der Waals surface area contributed by atoms with E-state index in [1.807, 2.05) is 0 Å². The molecule has 0 atom stereocenters. The van der Waals surface area contributed by atoms with Crippen LogP contribution < -0.4 is 10.6 Å². The second-order valence-corrected chi connectivity index (χ2v) is 5.89. The van der Waals surface area contributed by atoms with Gasteiger partial charge in [0.25, 0.3) is 0 Å². The van der Waals surface area contributed by atoms with Crippen molar-refractivity contribution in [3.8, 4) is 0 Å². The lowest BCUT2D eigenvalue weighted by molar-refractivity contribution is -0.134. The third-order valence-electron chi connectivity index (χ3n) is 2.88. The van der Waals surface area contributed by atoms with Crippen molar-refractivity contribution >= 4 is 58.7 Å². The van der Waals surface area contributed by atoms with Crippen LogP contribution in [0.3, 0.4) is 0 Å². The highest BCUT2D eigenvalue weighted by Gasteiger charge is 2.11. The van der Waals surface area contributed by atoms with Gasteiger partial charge in [-0.1, -0.05) is 35.3 Å². The molecule has 0 aliphatic carbocycles. The Morgan fingerprint density at radius 3 is 1.46 bits per heavy atom. The van der Waals surface area contributed by atoms with E-state index >= 15 is 0 Å². The Bertz CT molecular complexity index is 870. The number of anilines is 2. The van der Waals surface area contributed by atoms with E-state index in [0.717, 1.165) is 0 Å². The Kier molecular flexibility index (Phi) is 7.55. The molecule has 2 rings (SSSR count). The van der Waals surface area contributed by atoms with Gasteiger partial charge in [0, 0.05) is 33.6 Å². The molecule has 0 bridgehead atoms. The summed E-state index contributed by atoms with van der Waals surface area (Å²) in [6.45, 7) is 0. The molecule has 28 heavy (non-hydrogen) atoms. The van der Waals surface area contributed by atoms with Crippen molar-refractivity contribution in [2.24, 2.45) is 0 Å². The molecule has 0 unspecified atom stereocenters. The van der Waals surface area contributed by atoms with Gasteiger partial charge in [0.05, 0.1) is 0 Å². The number of ether oxygens (including phenoxy) is 2. The van der Waals surface area contributed by atoms with Crippen LogP contribution in [-0.4, -0.2) is 24.1 Å². The lowest BCUT2D eigenvalue weighted by Crippen LogP contribution is -2.19. The van der Waals surface area contributed by atoms with Crippen molar-refractivity contribution in [2.45, 2.75) is 0 Å². The molecule has 2 amide bonds. The summed E-state index contributed by atoms with van der Waals surface area (Å²) in [5.41, 5.74) is 0.623. The van der Waals surface area contributed by atoms with E-state index in [1.165, 1.54) is 24.3 Å². The zero-order valence-electron chi connectivity index (χ0n) is 14.0. The molecule has 0 aromatic heterocycles. The predicted octanol–water partition coefficient (Wildman–Crippen LogP) is 4.40. The summed E-state index contributed by atoms with van der Waals surface area (Å²) in [7, 11) is 0. The Morgan fingerprint density at radius 1 is 0.714 bits per heavy atom. The summed E-state index contributed by atoms with van der Waals surface area (Å²) in [4.78, 5) is 46.2. The SMILES string of the molecule is O=C(/C=C/C(=O)OC(=O)Nc1cccc(Cl)c1)OC(=O)Nc1cccc(Cl)c1. The minimum atomic E-state index is -1.15. The maximum Gasteiger partial charge on any atom is 0.419 e. The molecule has 0 fully saturated rings. The second kappa shape index (κ2) is 10.1. The fraction of sp³-hybridized carbons (Fsp3) is 0. The normalized spacial score (nSPS) is 10.2. The second-order valence-electron chi connectivity index (χ2n) is 5.02. The van der Waals surface area contributed by atoms with Gasteiger partial charge in [-0.05, 0) is 36.4 Å². The smallest absolute Gasteiger partial charge is 0.373 e. The molecule has 0 spiro atoms. The van der Waals surface area contributed by atoms with Gasteiger partial charge >= 0.3 is 24.1 Å². The van der Waals surface area contributed by atoms with Crippen molar-refractivity contribution < 1.29 is 28.7 Å². The molecule has 8 nitrogen and oxygen atoms in total. The van der Waals surface area contributed by atoms with E-state index in [1.54, 1.807) is 24.3 Å². The number of carbonyl (C=O) groups is 4. The maximum absolute atomic E-state index is 11.6. The van der Waals surface area contributed by atoms with Crippen LogP contribution in [0.4, 0.5) is 21.0 Å². The summed E-state index contributed by atoms with van der Waals surface area (Å²) < 4.78 is 8.83. The number of esters is 2. The van der Waals surface area contributed by atoms with E-state index in [9.17, 15) is 19.2 Å².